The maximum atomic E-state index is 5.31. The summed E-state index contributed by atoms with van der Waals surface area (Å²) in [5.74, 6) is 0.632. The van der Waals surface area contributed by atoms with Crippen LogP contribution in [0.25, 0.3) is 0 Å². The number of thiocarbonyl (C=S) groups is 1. The van der Waals surface area contributed by atoms with Crippen molar-refractivity contribution in [2.24, 2.45) is 11.7 Å². The maximum absolute atomic E-state index is 5.31. The smallest absolute Gasteiger partial charge is 0.0989 e. The molecule has 0 unspecified atom stereocenters. The van der Waals surface area contributed by atoms with Crippen molar-refractivity contribution in [3.8, 4) is 0 Å². The summed E-state index contributed by atoms with van der Waals surface area (Å²) in [5, 5.41) is 0. The molecular weight excluding hydrogens is 174 g/mol. The van der Waals surface area contributed by atoms with E-state index in [1.807, 2.05) is 0 Å². The van der Waals surface area contributed by atoms with Gasteiger partial charge in [0.25, 0.3) is 0 Å². The zero-order chi connectivity index (χ0) is 8.81. The molecule has 0 aromatic heterocycles. The van der Waals surface area contributed by atoms with Gasteiger partial charge in [0.15, 0.2) is 0 Å². The standard InChI is InChI=1S/C8H15NO2S/c9-8(12)6-11-5-7-1-3-10-4-2-7/h7H,1-6H2,(H2,9,12). The van der Waals surface area contributed by atoms with Gasteiger partial charge in [0.2, 0.25) is 0 Å². The molecule has 1 aliphatic rings. The summed E-state index contributed by atoms with van der Waals surface area (Å²) in [6.07, 6.45) is 2.19. The minimum absolute atomic E-state index is 0.409. The van der Waals surface area contributed by atoms with Gasteiger partial charge in [-0.3, -0.25) is 0 Å². The zero-order valence-corrected chi connectivity index (χ0v) is 7.94. The molecule has 0 amide bonds. The van der Waals surface area contributed by atoms with Crippen LogP contribution in [0.1, 0.15) is 12.8 Å². The van der Waals surface area contributed by atoms with Crippen molar-refractivity contribution >= 4 is 17.2 Å². The van der Waals surface area contributed by atoms with Gasteiger partial charge in [0, 0.05) is 13.2 Å². The molecule has 3 nitrogen and oxygen atoms in total. The Bertz CT molecular complexity index is 146. The van der Waals surface area contributed by atoms with Crippen molar-refractivity contribution in [3.05, 3.63) is 0 Å². The summed E-state index contributed by atoms with van der Waals surface area (Å²) in [6.45, 7) is 2.90. The van der Waals surface area contributed by atoms with Gasteiger partial charge >= 0.3 is 0 Å². The van der Waals surface area contributed by atoms with E-state index >= 15 is 0 Å². The second-order valence-electron chi connectivity index (χ2n) is 3.04. The van der Waals surface area contributed by atoms with Crippen LogP contribution in [0.4, 0.5) is 0 Å². The van der Waals surface area contributed by atoms with Gasteiger partial charge in [-0.2, -0.15) is 0 Å². The van der Waals surface area contributed by atoms with E-state index in [-0.39, 0.29) is 0 Å². The summed E-state index contributed by atoms with van der Waals surface area (Å²) in [4.78, 5) is 0.432. The highest BCUT2D eigenvalue weighted by atomic mass is 32.1. The average molecular weight is 189 g/mol. The fourth-order valence-corrected chi connectivity index (χ4v) is 1.32. The van der Waals surface area contributed by atoms with Gasteiger partial charge in [0.05, 0.1) is 18.2 Å². The van der Waals surface area contributed by atoms with Gasteiger partial charge in [-0.05, 0) is 18.8 Å². The number of hydrogen-bond donors (Lipinski definition) is 1. The van der Waals surface area contributed by atoms with E-state index in [4.69, 9.17) is 27.4 Å². The lowest BCUT2D eigenvalue weighted by molar-refractivity contribution is 0.0293. The third kappa shape index (κ3) is 3.99. The molecule has 0 bridgehead atoms. The van der Waals surface area contributed by atoms with Gasteiger partial charge in [-0.25, -0.2) is 0 Å². The van der Waals surface area contributed by atoms with Crippen molar-refractivity contribution in [1.29, 1.82) is 0 Å². The van der Waals surface area contributed by atoms with E-state index in [2.05, 4.69) is 0 Å². The lowest BCUT2D eigenvalue weighted by Gasteiger charge is -2.21. The molecule has 1 fully saturated rings. The number of ether oxygens (including phenoxy) is 2. The van der Waals surface area contributed by atoms with Crippen molar-refractivity contribution in [2.75, 3.05) is 26.4 Å². The molecule has 70 valence electrons. The van der Waals surface area contributed by atoms with Crippen LogP contribution in [0.3, 0.4) is 0 Å². The fourth-order valence-electron chi connectivity index (χ4n) is 1.24. The molecule has 12 heavy (non-hydrogen) atoms. The predicted octanol–water partition coefficient (Wildman–Crippen LogP) is 0.716. The third-order valence-corrected chi connectivity index (χ3v) is 2.06. The first-order valence-corrected chi connectivity index (χ1v) is 4.63. The summed E-state index contributed by atoms with van der Waals surface area (Å²) in [7, 11) is 0. The topological polar surface area (TPSA) is 44.5 Å². The Balaban J connectivity index is 2.01. The quantitative estimate of drug-likeness (QED) is 0.662. The lowest BCUT2D eigenvalue weighted by atomic mass is 10.0. The first kappa shape index (κ1) is 9.89. The van der Waals surface area contributed by atoms with E-state index in [1.54, 1.807) is 0 Å². The molecule has 1 rings (SSSR count). The van der Waals surface area contributed by atoms with Gasteiger partial charge < -0.3 is 15.2 Å². The van der Waals surface area contributed by atoms with Crippen LogP contribution < -0.4 is 5.73 Å². The van der Waals surface area contributed by atoms with E-state index in [9.17, 15) is 0 Å². The molecule has 0 aromatic rings. The SMILES string of the molecule is NC(=S)COCC1CCOCC1. The Hall–Kier alpha value is -0.190. The van der Waals surface area contributed by atoms with E-state index in [1.165, 1.54) is 0 Å². The van der Waals surface area contributed by atoms with Crippen LogP contribution in [-0.4, -0.2) is 31.4 Å². The first-order chi connectivity index (χ1) is 5.79. The third-order valence-electron chi connectivity index (χ3n) is 1.94. The van der Waals surface area contributed by atoms with Crippen molar-refractivity contribution < 1.29 is 9.47 Å². The highest BCUT2D eigenvalue weighted by molar-refractivity contribution is 7.80. The Labute approximate surface area is 78.2 Å². The Morgan fingerprint density at radius 1 is 1.50 bits per heavy atom. The second kappa shape index (κ2) is 5.45. The summed E-state index contributed by atoms with van der Waals surface area (Å²) in [6, 6.07) is 0. The molecule has 1 heterocycles. The molecule has 0 saturated carbocycles. The van der Waals surface area contributed by atoms with Crippen LogP contribution in [0.5, 0.6) is 0 Å². The summed E-state index contributed by atoms with van der Waals surface area (Å²) >= 11 is 4.69. The van der Waals surface area contributed by atoms with Crippen LogP contribution in [-0.2, 0) is 9.47 Å². The Morgan fingerprint density at radius 2 is 2.17 bits per heavy atom. The van der Waals surface area contributed by atoms with Crippen LogP contribution in [0, 0.1) is 5.92 Å². The predicted molar refractivity (Wildman–Crippen MR) is 51.1 cm³/mol. The van der Waals surface area contributed by atoms with Crippen LogP contribution in [0.2, 0.25) is 0 Å². The molecule has 0 spiro atoms. The molecule has 2 N–H and O–H groups in total. The summed E-state index contributed by atoms with van der Waals surface area (Å²) in [5.41, 5.74) is 5.29. The Kier molecular flexibility index (Phi) is 4.50. The minimum Gasteiger partial charge on any atom is -0.391 e. The van der Waals surface area contributed by atoms with Crippen molar-refractivity contribution in [1.82, 2.24) is 0 Å². The largest absolute Gasteiger partial charge is 0.391 e. The van der Waals surface area contributed by atoms with Crippen LogP contribution >= 0.6 is 12.2 Å². The minimum atomic E-state index is 0.409. The molecular formula is C8H15NO2S. The lowest BCUT2D eigenvalue weighted by Crippen LogP contribution is -2.23. The molecule has 1 saturated heterocycles. The van der Waals surface area contributed by atoms with Gasteiger partial charge in [-0.1, -0.05) is 12.2 Å². The number of nitrogens with two attached hydrogens (primary N) is 1. The molecule has 1 aliphatic heterocycles. The first-order valence-electron chi connectivity index (χ1n) is 4.23. The molecule has 0 aliphatic carbocycles. The normalized spacial score (nSPS) is 19.3. The molecule has 4 heteroatoms. The van der Waals surface area contributed by atoms with E-state index < -0.39 is 0 Å². The monoisotopic (exact) mass is 189 g/mol. The molecule has 0 radical (unpaired) electrons. The zero-order valence-electron chi connectivity index (χ0n) is 7.12. The maximum Gasteiger partial charge on any atom is 0.0989 e. The average Bonchev–Trinajstić information content (AvgIpc) is 2.05. The highest BCUT2D eigenvalue weighted by Gasteiger charge is 2.13. The molecule has 0 aromatic carbocycles. The van der Waals surface area contributed by atoms with Crippen LogP contribution in [0.15, 0.2) is 0 Å². The molecule has 0 atom stereocenters. The van der Waals surface area contributed by atoms with Crippen molar-refractivity contribution in [3.63, 3.8) is 0 Å². The number of hydrogen-bond acceptors (Lipinski definition) is 3. The summed E-state index contributed by atoms with van der Waals surface area (Å²) < 4.78 is 10.5. The van der Waals surface area contributed by atoms with Gasteiger partial charge in [-0.15, -0.1) is 0 Å². The van der Waals surface area contributed by atoms with E-state index in [0.29, 0.717) is 17.5 Å². The van der Waals surface area contributed by atoms with E-state index in [0.717, 1.165) is 32.7 Å². The highest BCUT2D eigenvalue weighted by Crippen LogP contribution is 2.14. The Morgan fingerprint density at radius 3 is 2.75 bits per heavy atom. The number of rotatable bonds is 4. The fraction of sp³-hybridized carbons (Fsp3) is 0.875. The van der Waals surface area contributed by atoms with Crippen molar-refractivity contribution in [2.45, 2.75) is 12.8 Å². The van der Waals surface area contributed by atoms with Gasteiger partial charge in [0.1, 0.15) is 0 Å². The second-order valence-corrected chi connectivity index (χ2v) is 3.56.